The first-order chi connectivity index (χ1) is 32.5. The molecule has 3 saturated heterocycles. The molecule has 3 heterocycles. The number of carbonyl (C=O) groups is 3. The molecule has 0 aromatic heterocycles. The van der Waals surface area contributed by atoms with E-state index in [1.54, 1.807) is 0 Å². The molecule has 0 spiro atoms. The van der Waals surface area contributed by atoms with Crippen molar-refractivity contribution in [3.05, 3.63) is 0 Å². The Balaban J connectivity index is 1.42. The van der Waals surface area contributed by atoms with Crippen molar-refractivity contribution in [2.24, 2.45) is 5.41 Å². The smallest absolute Gasteiger partial charge is 0.217 e. The third kappa shape index (κ3) is 20.1. The van der Waals surface area contributed by atoms with Gasteiger partial charge in [-0.15, -0.1) is 0 Å². The highest BCUT2D eigenvalue weighted by Crippen LogP contribution is 2.28. The molecule has 15 atom stereocenters. The van der Waals surface area contributed by atoms with Crippen LogP contribution in [-0.4, -0.2) is 222 Å². The lowest BCUT2D eigenvalue weighted by molar-refractivity contribution is -0.270. The molecule has 12 N–H and O–H groups in total. The Bertz CT molecular complexity index is 1260. The van der Waals surface area contributed by atoms with Gasteiger partial charge in [0.2, 0.25) is 17.7 Å². The van der Waals surface area contributed by atoms with Gasteiger partial charge >= 0.3 is 0 Å². The lowest BCUT2D eigenvalue weighted by Gasteiger charge is -2.42. The number of rotatable bonds is 33. The van der Waals surface area contributed by atoms with E-state index in [4.69, 9.17) is 37.9 Å². The van der Waals surface area contributed by atoms with Crippen LogP contribution in [-0.2, 0) is 52.3 Å². The van der Waals surface area contributed by atoms with E-state index in [1.807, 2.05) is 0 Å². The summed E-state index contributed by atoms with van der Waals surface area (Å²) in [6.45, 7) is 7.08. The van der Waals surface area contributed by atoms with E-state index >= 15 is 0 Å². The number of hydrogen-bond acceptors (Lipinski definition) is 20. The monoisotopic (exact) mass is 986 g/mol. The first-order valence-corrected chi connectivity index (χ1v) is 24.2. The van der Waals surface area contributed by atoms with E-state index in [2.05, 4.69) is 22.9 Å². The molecular weight excluding hydrogens is 902 g/mol. The molecule has 3 amide bonds. The number of aliphatic hydroxyl groups excluding tert-OH is 9. The molecule has 3 rings (SSSR count). The Morgan fingerprint density at radius 1 is 0.441 bits per heavy atom. The number of nitrogens with one attached hydrogen (secondary N) is 3. The number of hydrogen-bond donors (Lipinski definition) is 12. The maximum absolute atomic E-state index is 11.7. The van der Waals surface area contributed by atoms with Gasteiger partial charge in [0.05, 0.1) is 33.0 Å². The zero-order valence-electron chi connectivity index (χ0n) is 40.2. The highest BCUT2D eigenvalue weighted by Gasteiger charge is 2.47. The van der Waals surface area contributed by atoms with Crippen LogP contribution in [0.2, 0.25) is 0 Å². The molecule has 68 heavy (non-hydrogen) atoms. The van der Waals surface area contributed by atoms with Gasteiger partial charge in [0.15, 0.2) is 18.9 Å². The van der Waals surface area contributed by atoms with Gasteiger partial charge in [0.25, 0.3) is 0 Å². The maximum atomic E-state index is 11.7. The summed E-state index contributed by atoms with van der Waals surface area (Å²) in [5.41, 5.74) is -0.293. The van der Waals surface area contributed by atoms with E-state index in [-0.39, 0.29) is 25.2 Å². The van der Waals surface area contributed by atoms with Crippen molar-refractivity contribution in [1.29, 1.82) is 0 Å². The van der Waals surface area contributed by atoms with Crippen molar-refractivity contribution in [3.8, 4) is 0 Å². The summed E-state index contributed by atoms with van der Waals surface area (Å²) in [6, 6.07) is -2.99. The van der Waals surface area contributed by atoms with Crippen LogP contribution in [0.5, 0.6) is 0 Å². The third-order valence-electron chi connectivity index (χ3n) is 12.3. The van der Waals surface area contributed by atoms with Gasteiger partial charge in [-0.2, -0.15) is 0 Å². The minimum absolute atomic E-state index is 0.248. The fraction of sp³-hybridized carbons (Fsp3) is 0.933. The Morgan fingerprint density at radius 2 is 0.721 bits per heavy atom. The number of ether oxygens (including phenoxy) is 8. The van der Waals surface area contributed by atoms with Gasteiger partial charge in [-0.25, -0.2) is 0 Å². The average Bonchev–Trinajstić information content (AvgIpc) is 3.29. The summed E-state index contributed by atoms with van der Waals surface area (Å²) >= 11 is 0. The van der Waals surface area contributed by atoms with E-state index in [1.165, 1.54) is 20.8 Å². The van der Waals surface area contributed by atoms with Crippen LogP contribution in [0.4, 0.5) is 0 Å². The van der Waals surface area contributed by atoms with Crippen molar-refractivity contribution < 1.29 is 98.2 Å². The number of unbranched alkanes of at least 4 members (excludes halogenated alkanes) is 8. The van der Waals surface area contributed by atoms with Gasteiger partial charge in [0, 0.05) is 59.2 Å². The van der Waals surface area contributed by atoms with Crippen molar-refractivity contribution in [1.82, 2.24) is 16.0 Å². The number of carbonyl (C=O) groups excluding carboxylic acids is 3. The van der Waals surface area contributed by atoms with Crippen molar-refractivity contribution in [3.63, 3.8) is 0 Å². The summed E-state index contributed by atoms with van der Waals surface area (Å²) in [4.78, 5) is 35.1. The molecule has 0 aromatic carbocycles. The van der Waals surface area contributed by atoms with E-state index in [0.29, 0.717) is 45.7 Å². The Morgan fingerprint density at radius 3 is 1.03 bits per heavy atom. The van der Waals surface area contributed by atoms with Crippen LogP contribution in [0.1, 0.15) is 105 Å². The largest absolute Gasteiger partial charge is 0.394 e. The SMILES string of the molecule is CC(=O)NC1[C@H](OCCCCCCCC(C)(COCCCCCO[C@@H]2OC(CO)[C@H](O)[C@H](O)C2NC(C)=O)COCCCCCO[C@@H]2OC(CO)[C@H](O)[C@H](O)C2NC(C)=O)OC(CO)[C@H](O)[C@@H]1O. The second-order valence-electron chi connectivity index (χ2n) is 18.5. The second-order valence-corrected chi connectivity index (χ2v) is 18.5. The summed E-state index contributed by atoms with van der Waals surface area (Å²) in [6.07, 6.45) is -5.22. The van der Waals surface area contributed by atoms with Gasteiger partial charge in [-0.1, -0.05) is 32.6 Å². The molecule has 0 saturated carbocycles. The molecule has 3 aliphatic heterocycles. The second kappa shape index (κ2) is 31.9. The zero-order valence-corrected chi connectivity index (χ0v) is 40.2. The normalized spacial score (nSPS) is 32.9. The molecule has 23 heteroatoms. The van der Waals surface area contributed by atoms with Crippen LogP contribution in [0.15, 0.2) is 0 Å². The Labute approximate surface area is 399 Å². The summed E-state index contributed by atoms with van der Waals surface area (Å²) in [5, 5.41) is 98.6. The van der Waals surface area contributed by atoms with Gasteiger partial charge < -0.3 is 99.8 Å². The molecule has 3 fully saturated rings. The lowest BCUT2D eigenvalue weighted by Crippen LogP contribution is -2.64. The Hall–Kier alpha value is -2.27. The zero-order chi connectivity index (χ0) is 50.2. The topological polar surface area (TPSA) is 343 Å². The molecule has 0 aliphatic carbocycles. The fourth-order valence-electron chi connectivity index (χ4n) is 8.41. The van der Waals surface area contributed by atoms with Gasteiger partial charge in [-0.05, 0) is 51.4 Å². The third-order valence-corrected chi connectivity index (χ3v) is 12.3. The highest BCUT2D eigenvalue weighted by atomic mass is 16.7. The number of aliphatic hydroxyl groups is 9. The summed E-state index contributed by atoms with van der Waals surface area (Å²) < 4.78 is 46.7. The minimum atomic E-state index is -1.39. The quantitative estimate of drug-likeness (QED) is 0.0305. The van der Waals surface area contributed by atoms with Crippen LogP contribution >= 0.6 is 0 Å². The first-order valence-electron chi connectivity index (χ1n) is 24.2. The minimum Gasteiger partial charge on any atom is -0.394 e. The molecular formula is C45H83N3O20. The van der Waals surface area contributed by atoms with E-state index in [9.17, 15) is 60.3 Å². The molecule has 0 aromatic rings. The van der Waals surface area contributed by atoms with Crippen LogP contribution < -0.4 is 16.0 Å². The summed E-state index contributed by atoms with van der Waals surface area (Å²) in [7, 11) is 0. The number of amides is 3. The van der Waals surface area contributed by atoms with Crippen LogP contribution in [0.3, 0.4) is 0 Å². The van der Waals surface area contributed by atoms with Gasteiger partial charge in [0.1, 0.15) is 73.1 Å². The predicted octanol–water partition coefficient (Wildman–Crippen LogP) is -2.41. The standard InChI is InChI=1S/C45H83N3O20/c1-27(52)46-33-39(58)36(55)30(22-49)66-42(33)63-19-13-7-5-6-10-16-45(4,25-61-17-11-8-14-20-64-43-34(47-28(2)53)40(59)37(56)31(23-50)67-43)26-62-18-12-9-15-21-65-44-35(48-29(3)54)41(60)38(57)32(24-51)68-44/h30-44,49-51,55-60H,5-26H2,1-4H3,(H,46,52)(H,47,53)(H,48,54)/t30?,31?,32?,33?,34?,35?,36-,37-,38-,39+,40+,41+,42+,43+,44+,45?/m0/s1. The van der Waals surface area contributed by atoms with Gasteiger partial charge in [-0.3, -0.25) is 14.4 Å². The molecule has 3 aliphatic rings. The molecule has 6 unspecified atom stereocenters. The Kier molecular flexibility index (Phi) is 28.2. The molecule has 0 bridgehead atoms. The summed E-state index contributed by atoms with van der Waals surface area (Å²) in [5.74, 6) is -1.28. The predicted molar refractivity (Wildman–Crippen MR) is 239 cm³/mol. The van der Waals surface area contributed by atoms with Crippen molar-refractivity contribution >= 4 is 17.7 Å². The average molecular weight is 986 g/mol. The highest BCUT2D eigenvalue weighted by molar-refractivity contribution is 5.74. The lowest BCUT2D eigenvalue weighted by atomic mass is 9.86. The molecule has 398 valence electrons. The first kappa shape index (κ1) is 60.0. The molecule has 0 radical (unpaired) electrons. The van der Waals surface area contributed by atoms with E-state index < -0.39 is 129 Å². The van der Waals surface area contributed by atoms with Crippen molar-refractivity contribution in [2.45, 2.75) is 197 Å². The van der Waals surface area contributed by atoms with Crippen molar-refractivity contribution in [2.75, 3.05) is 66.1 Å². The van der Waals surface area contributed by atoms with Crippen LogP contribution in [0.25, 0.3) is 0 Å². The van der Waals surface area contributed by atoms with Crippen LogP contribution in [0, 0.1) is 5.41 Å². The fourth-order valence-corrected chi connectivity index (χ4v) is 8.41. The molecule has 23 nitrogen and oxygen atoms in total. The maximum Gasteiger partial charge on any atom is 0.217 e. The van der Waals surface area contributed by atoms with E-state index in [0.717, 1.165) is 57.8 Å².